The maximum absolute atomic E-state index is 3.76. The molecule has 0 aliphatic heterocycles. The summed E-state index contributed by atoms with van der Waals surface area (Å²) in [5.41, 5.74) is 1.29. The highest BCUT2D eigenvalue weighted by Crippen LogP contribution is 2.10. The molecule has 0 heterocycles. The third kappa shape index (κ3) is 0.373. The quantitative estimate of drug-likeness (QED) is 0.296. The Morgan fingerprint density at radius 3 is 2.17 bits per heavy atom. The molecule has 1 nitrogen and oxygen atoms in total. The van der Waals surface area contributed by atoms with Gasteiger partial charge in [-0.05, 0) is 6.42 Å². The average Bonchev–Trinajstić information content (AvgIpc) is 1.31. The molecule has 32 valence electrons. The van der Waals surface area contributed by atoms with Gasteiger partial charge in [0.15, 0.2) is 0 Å². The summed E-state index contributed by atoms with van der Waals surface area (Å²) in [5.74, 6) is 0. The molecular formula is C5H8N+. The van der Waals surface area contributed by atoms with E-state index in [4.69, 9.17) is 0 Å². The molecule has 0 atom stereocenters. The highest BCUT2D eigenvalue weighted by molar-refractivity contribution is 5.88. The lowest BCUT2D eigenvalue weighted by molar-refractivity contribution is 0.802. The minimum absolute atomic E-state index is 1.20. The number of hydrogen-bond donors (Lipinski definition) is 0. The average molecular weight is 82.1 g/mol. The van der Waals surface area contributed by atoms with E-state index in [2.05, 4.69) is 11.4 Å². The van der Waals surface area contributed by atoms with Crippen LogP contribution in [0.25, 0.3) is 0 Å². The van der Waals surface area contributed by atoms with Gasteiger partial charge in [-0.2, -0.15) is 0 Å². The molecule has 6 heavy (non-hydrogen) atoms. The molecule has 0 radical (unpaired) electrons. The van der Waals surface area contributed by atoms with E-state index in [0.29, 0.717) is 0 Å². The fourth-order valence-corrected chi connectivity index (χ4v) is 0.493. The Balaban J connectivity index is 2.55. The largest absolute Gasteiger partial charge is 0.279 e. The van der Waals surface area contributed by atoms with Gasteiger partial charge in [-0.1, -0.05) is 0 Å². The monoisotopic (exact) mass is 82.1 g/mol. The first-order valence-electron chi connectivity index (χ1n) is 2.25. The molecule has 1 aliphatic carbocycles. The highest BCUT2D eigenvalue weighted by atomic mass is 14.6. The zero-order chi connectivity index (χ0) is 4.41. The van der Waals surface area contributed by atoms with E-state index in [-0.39, 0.29) is 0 Å². The van der Waals surface area contributed by atoms with Crippen LogP contribution in [0.2, 0.25) is 0 Å². The molecule has 1 aliphatic rings. The molecule has 0 bridgehead atoms. The first-order valence-corrected chi connectivity index (χ1v) is 2.25. The van der Waals surface area contributed by atoms with Crippen LogP contribution in [0.4, 0.5) is 0 Å². The molecule has 1 fully saturated rings. The second-order valence-corrected chi connectivity index (χ2v) is 1.58. The van der Waals surface area contributed by atoms with Crippen molar-refractivity contribution in [2.75, 3.05) is 0 Å². The zero-order valence-corrected chi connectivity index (χ0v) is 3.78. The van der Waals surface area contributed by atoms with Crippen LogP contribution in [0.1, 0.15) is 19.3 Å². The first-order chi connectivity index (χ1) is 2.93. The summed E-state index contributed by atoms with van der Waals surface area (Å²) in [6, 6.07) is 0. The molecule has 1 heteroatoms. The Morgan fingerprint density at radius 1 is 1.50 bits per heavy atom. The smallest absolute Gasteiger partial charge is 0.111 e. The van der Waals surface area contributed by atoms with Gasteiger partial charge in [0.1, 0.15) is 0 Å². The lowest BCUT2D eigenvalue weighted by Crippen LogP contribution is -2.11. The third-order valence-electron chi connectivity index (χ3n) is 1.15. The SMILES string of the molecule is C=[N+]=C1CCC1. The predicted molar refractivity (Wildman–Crippen MR) is 28.1 cm³/mol. The van der Waals surface area contributed by atoms with Crippen LogP contribution >= 0.6 is 0 Å². The van der Waals surface area contributed by atoms with Crippen molar-refractivity contribution in [1.29, 1.82) is 0 Å². The topological polar surface area (TPSA) is 14.1 Å². The standard InChI is InChI=1S/C5H8N/c1-6-5-3-2-4-5/h1-4H2/q+1. The van der Waals surface area contributed by atoms with E-state index in [1.807, 2.05) is 0 Å². The van der Waals surface area contributed by atoms with Crippen molar-refractivity contribution in [2.24, 2.45) is 0 Å². The van der Waals surface area contributed by atoms with Crippen LogP contribution in [0.15, 0.2) is 0 Å². The van der Waals surface area contributed by atoms with Gasteiger partial charge in [-0.15, -0.1) is 4.67 Å². The van der Waals surface area contributed by atoms with Gasteiger partial charge in [0, 0.05) is 12.8 Å². The first kappa shape index (κ1) is 3.63. The Kier molecular flexibility index (Phi) is 0.771. The molecule has 1 rings (SSSR count). The van der Waals surface area contributed by atoms with Gasteiger partial charge in [0.25, 0.3) is 12.4 Å². The van der Waals surface area contributed by atoms with E-state index in [1.54, 1.807) is 0 Å². The maximum Gasteiger partial charge on any atom is 0.279 e. The van der Waals surface area contributed by atoms with Crippen molar-refractivity contribution in [2.45, 2.75) is 19.3 Å². The summed E-state index contributed by atoms with van der Waals surface area (Å²) in [6.45, 7) is 3.40. The van der Waals surface area contributed by atoms with Gasteiger partial charge < -0.3 is 0 Å². The second kappa shape index (κ2) is 1.27. The van der Waals surface area contributed by atoms with Crippen LogP contribution in [0, 0.1) is 0 Å². The zero-order valence-electron chi connectivity index (χ0n) is 3.78. The molecule has 0 aromatic carbocycles. The second-order valence-electron chi connectivity index (χ2n) is 1.58. The van der Waals surface area contributed by atoms with Gasteiger partial charge in [0.2, 0.25) is 0 Å². The highest BCUT2D eigenvalue weighted by Gasteiger charge is 2.17. The van der Waals surface area contributed by atoms with Crippen LogP contribution in [-0.4, -0.2) is 12.4 Å². The van der Waals surface area contributed by atoms with Crippen molar-refractivity contribution in [1.82, 2.24) is 4.67 Å². The van der Waals surface area contributed by atoms with E-state index in [1.165, 1.54) is 25.0 Å². The van der Waals surface area contributed by atoms with Gasteiger partial charge >= 0.3 is 0 Å². The Bertz CT molecular complexity index is 92.5. The number of hydrogen-bond acceptors (Lipinski definition) is 0. The summed E-state index contributed by atoms with van der Waals surface area (Å²) in [5, 5.41) is 0. The Labute approximate surface area is 37.4 Å². The normalized spacial score (nSPS) is 19.0. The van der Waals surface area contributed by atoms with Crippen molar-refractivity contribution in [3.05, 3.63) is 0 Å². The maximum atomic E-state index is 3.76. The summed E-state index contributed by atoms with van der Waals surface area (Å²) in [7, 11) is 0. The van der Waals surface area contributed by atoms with Crippen molar-refractivity contribution in [3.63, 3.8) is 0 Å². The molecule has 0 amide bonds. The lowest BCUT2D eigenvalue weighted by atomic mass is 9.98. The summed E-state index contributed by atoms with van der Waals surface area (Å²) in [4.78, 5) is 0. The van der Waals surface area contributed by atoms with Crippen molar-refractivity contribution in [3.8, 4) is 0 Å². The van der Waals surface area contributed by atoms with Crippen molar-refractivity contribution >= 4 is 12.4 Å². The minimum Gasteiger partial charge on any atom is -0.111 e. The molecule has 1 saturated carbocycles. The minimum atomic E-state index is 1.20. The molecule has 0 N–H and O–H groups in total. The predicted octanol–water partition coefficient (Wildman–Crippen LogP) is 0.379. The van der Waals surface area contributed by atoms with Crippen molar-refractivity contribution < 1.29 is 0 Å². The van der Waals surface area contributed by atoms with E-state index >= 15 is 0 Å². The van der Waals surface area contributed by atoms with E-state index in [0.717, 1.165) is 0 Å². The fourth-order valence-electron chi connectivity index (χ4n) is 0.493. The summed E-state index contributed by atoms with van der Waals surface area (Å²) in [6.07, 6.45) is 3.72. The fraction of sp³-hybridized carbons (Fsp3) is 0.600. The number of nitrogens with zero attached hydrogens (tertiary/aromatic N) is 1. The summed E-state index contributed by atoms with van der Waals surface area (Å²) >= 11 is 0. The lowest BCUT2D eigenvalue weighted by Gasteiger charge is -1.99. The molecule has 0 unspecified atom stereocenters. The van der Waals surface area contributed by atoms with Gasteiger partial charge in [0.05, 0.1) is 0 Å². The molecule has 0 spiro atoms. The third-order valence-corrected chi connectivity index (χ3v) is 1.15. The Hall–Kier alpha value is -0.550. The van der Waals surface area contributed by atoms with Crippen LogP contribution in [0.5, 0.6) is 0 Å². The van der Waals surface area contributed by atoms with Gasteiger partial charge in [-0.25, -0.2) is 0 Å². The van der Waals surface area contributed by atoms with E-state index in [9.17, 15) is 0 Å². The number of rotatable bonds is 0. The Morgan fingerprint density at radius 2 is 2.17 bits per heavy atom. The summed E-state index contributed by atoms with van der Waals surface area (Å²) < 4.78 is 3.76. The van der Waals surface area contributed by atoms with Crippen LogP contribution in [0.3, 0.4) is 0 Å². The van der Waals surface area contributed by atoms with Crippen LogP contribution < -0.4 is 4.67 Å². The molecule has 0 aromatic heterocycles. The van der Waals surface area contributed by atoms with Crippen LogP contribution in [-0.2, 0) is 0 Å². The molecular weight excluding hydrogens is 74.1 g/mol. The molecule has 0 saturated heterocycles. The molecule has 0 aromatic rings. The van der Waals surface area contributed by atoms with Gasteiger partial charge in [-0.3, -0.25) is 0 Å². The van der Waals surface area contributed by atoms with E-state index < -0.39 is 0 Å².